The van der Waals surface area contributed by atoms with Crippen molar-refractivity contribution in [3.05, 3.63) is 22.5 Å². The fourth-order valence-electron chi connectivity index (χ4n) is 1.36. The fraction of sp³-hybridized carbons (Fsp3) is 0.400. The van der Waals surface area contributed by atoms with E-state index in [1.54, 1.807) is 6.92 Å². The summed E-state index contributed by atoms with van der Waals surface area (Å²) in [7, 11) is 1.32. The SMILES string of the molecule is COc1c(O)cc(Cl)c(F)c1C(C)CO. The predicted molar refractivity (Wildman–Crippen MR) is 55.1 cm³/mol. The Morgan fingerprint density at radius 1 is 1.60 bits per heavy atom. The normalized spacial score (nSPS) is 12.6. The molecule has 0 heterocycles. The van der Waals surface area contributed by atoms with Crippen LogP contribution in [0.25, 0.3) is 0 Å². The van der Waals surface area contributed by atoms with Crippen molar-refractivity contribution in [1.82, 2.24) is 0 Å². The van der Waals surface area contributed by atoms with Crippen LogP contribution in [0.1, 0.15) is 18.4 Å². The lowest BCUT2D eigenvalue weighted by Crippen LogP contribution is -2.05. The third-order valence-corrected chi connectivity index (χ3v) is 2.43. The van der Waals surface area contributed by atoms with Gasteiger partial charge in [0.15, 0.2) is 11.5 Å². The van der Waals surface area contributed by atoms with Crippen molar-refractivity contribution in [3.63, 3.8) is 0 Å². The zero-order valence-corrected chi connectivity index (χ0v) is 9.18. The second-order valence-electron chi connectivity index (χ2n) is 3.22. The van der Waals surface area contributed by atoms with E-state index < -0.39 is 11.7 Å². The second-order valence-corrected chi connectivity index (χ2v) is 3.63. The minimum atomic E-state index is -0.673. The van der Waals surface area contributed by atoms with Crippen LogP contribution in [-0.4, -0.2) is 23.9 Å². The minimum Gasteiger partial charge on any atom is -0.504 e. The van der Waals surface area contributed by atoms with Gasteiger partial charge in [-0.05, 0) is 0 Å². The monoisotopic (exact) mass is 234 g/mol. The van der Waals surface area contributed by atoms with Crippen LogP contribution >= 0.6 is 11.6 Å². The summed E-state index contributed by atoms with van der Waals surface area (Å²) in [5.74, 6) is -1.39. The average molecular weight is 235 g/mol. The Hall–Kier alpha value is -1.00. The molecule has 0 aromatic heterocycles. The first-order valence-corrected chi connectivity index (χ1v) is 4.76. The molecule has 0 aliphatic heterocycles. The largest absolute Gasteiger partial charge is 0.504 e. The first kappa shape index (κ1) is 12.1. The molecular formula is C10H12ClFO3. The Labute approximate surface area is 92.1 Å². The van der Waals surface area contributed by atoms with Gasteiger partial charge in [-0.25, -0.2) is 4.39 Å². The van der Waals surface area contributed by atoms with E-state index in [1.165, 1.54) is 7.11 Å². The third-order valence-electron chi connectivity index (χ3n) is 2.16. The van der Waals surface area contributed by atoms with Crippen LogP contribution in [0.15, 0.2) is 6.07 Å². The van der Waals surface area contributed by atoms with E-state index >= 15 is 0 Å². The number of phenolic OH excluding ortho intramolecular Hbond substituents is 1. The predicted octanol–water partition coefficient (Wildman–Crippen LogP) is 2.29. The number of hydrogen-bond donors (Lipinski definition) is 2. The Morgan fingerprint density at radius 2 is 2.20 bits per heavy atom. The number of phenols is 1. The molecule has 1 atom stereocenters. The van der Waals surface area contributed by atoms with Crippen LogP contribution in [0.5, 0.6) is 11.5 Å². The molecular weight excluding hydrogens is 223 g/mol. The van der Waals surface area contributed by atoms with Gasteiger partial charge in [-0.3, -0.25) is 0 Å². The molecule has 1 aromatic carbocycles. The Bertz CT molecular complexity index is 368. The minimum absolute atomic E-state index is 0.0125. The summed E-state index contributed by atoms with van der Waals surface area (Å²) in [5, 5.41) is 18.3. The summed E-state index contributed by atoms with van der Waals surface area (Å²) in [4.78, 5) is 0. The molecule has 1 rings (SSSR count). The molecule has 1 aromatic rings. The molecule has 5 heteroatoms. The van der Waals surface area contributed by atoms with Crippen LogP contribution < -0.4 is 4.74 Å². The quantitative estimate of drug-likeness (QED) is 0.844. The van der Waals surface area contributed by atoms with Gasteiger partial charge in [0.05, 0.1) is 12.1 Å². The van der Waals surface area contributed by atoms with Crippen molar-refractivity contribution in [2.24, 2.45) is 0 Å². The van der Waals surface area contributed by atoms with Gasteiger partial charge in [-0.15, -0.1) is 0 Å². The summed E-state index contributed by atoms with van der Waals surface area (Å²) in [5.41, 5.74) is 0.0880. The number of hydrogen-bond acceptors (Lipinski definition) is 3. The number of aliphatic hydroxyl groups is 1. The maximum atomic E-state index is 13.6. The molecule has 2 N–H and O–H groups in total. The van der Waals surface area contributed by atoms with Crippen molar-refractivity contribution in [2.75, 3.05) is 13.7 Å². The van der Waals surface area contributed by atoms with Crippen LogP contribution in [-0.2, 0) is 0 Å². The van der Waals surface area contributed by atoms with Crippen molar-refractivity contribution < 1.29 is 19.3 Å². The van der Waals surface area contributed by atoms with Crippen LogP contribution in [0, 0.1) is 5.82 Å². The Morgan fingerprint density at radius 3 is 2.67 bits per heavy atom. The number of halogens is 2. The highest BCUT2D eigenvalue weighted by molar-refractivity contribution is 6.31. The molecule has 0 saturated carbocycles. The number of aliphatic hydroxyl groups excluding tert-OH is 1. The lowest BCUT2D eigenvalue weighted by atomic mass is 10.00. The molecule has 0 fully saturated rings. The van der Waals surface area contributed by atoms with E-state index in [0.29, 0.717) is 0 Å². The van der Waals surface area contributed by atoms with Crippen LogP contribution in [0.4, 0.5) is 4.39 Å². The summed E-state index contributed by atoms with van der Waals surface area (Å²) >= 11 is 5.58. The molecule has 84 valence electrons. The Balaban J connectivity index is 3.43. The first-order valence-electron chi connectivity index (χ1n) is 4.38. The topological polar surface area (TPSA) is 49.7 Å². The zero-order valence-electron chi connectivity index (χ0n) is 8.42. The summed E-state index contributed by atoms with van der Waals surface area (Å²) < 4.78 is 18.5. The van der Waals surface area contributed by atoms with E-state index in [9.17, 15) is 9.50 Å². The highest BCUT2D eigenvalue weighted by Crippen LogP contribution is 2.40. The van der Waals surface area contributed by atoms with E-state index in [-0.39, 0.29) is 28.7 Å². The number of methoxy groups -OCH3 is 1. The molecule has 0 aliphatic rings. The van der Waals surface area contributed by atoms with Crippen LogP contribution in [0.2, 0.25) is 5.02 Å². The second kappa shape index (κ2) is 4.68. The molecule has 0 aliphatic carbocycles. The lowest BCUT2D eigenvalue weighted by molar-refractivity contribution is 0.265. The van der Waals surface area contributed by atoms with Gasteiger partial charge in [0.2, 0.25) is 0 Å². The van der Waals surface area contributed by atoms with Gasteiger partial charge in [0.1, 0.15) is 5.82 Å². The first-order chi connectivity index (χ1) is 7.02. The van der Waals surface area contributed by atoms with Gasteiger partial charge in [-0.1, -0.05) is 18.5 Å². The summed E-state index contributed by atoms with van der Waals surface area (Å²) in [6, 6.07) is 1.07. The smallest absolute Gasteiger partial charge is 0.167 e. The molecule has 1 unspecified atom stereocenters. The zero-order chi connectivity index (χ0) is 11.6. The third kappa shape index (κ3) is 2.16. The van der Waals surface area contributed by atoms with Crippen LogP contribution in [0.3, 0.4) is 0 Å². The van der Waals surface area contributed by atoms with E-state index in [2.05, 4.69) is 0 Å². The number of benzene rings is 1. The molecule has 15 heavy (non-hydrogen) atoms. The van der Waals surface area contributed by atoms with E-state index in [1.807, 2.05) is 0 Å². The molecule has 0 saturated heterocycles. The van der Waals surface area contributed by atoms with E-state index in [4.69, 9.17) is 21.4 Å². The van der Waals surface area contributed by atoms with Gasteiger partial charge < -0.3 is 14.9 Å². The molecule has 0 spiro atoms. The van der Waals surface area contributed by atoms with Gasteiger partial charge in [0, 0.05) is 24.2 Å². The molecule has 0 amide bonds. The fourth-order valence-corrected chi connectivity index (χ4v) is 1.57. The maximum Gasteiger partial charge on any atom is 0.167 e. The maximum absolute atomic E-state index is 13.6. The van der Waals surface area contributed by atoms with Gasteiger partial charge in [-0.2, -0.15) is 0 Å². The lowest BCUT2D eigenvalue weighted by Gasteiger charge is -2.16. The van der Waals surface area contributed by atoms with Crippen molar-refractivity contribution in [3.8, 4) is 11.5 Å². The number of ether oxygens (including phenoxy) is 1. The van der Waals surface area contributed by atoms with E-state index in [0.717, 1.165) is 6.07 Å². The number of aromatic hydroxyl groups is 1. The highest BCUT2D eigenvalue weighted by atomic mass is 35.5. The molecule has 0 radical (unpaired) electrons. The van der Waals surface area contributed by atoms with Crippen molar-refractivity contribution >= 4 is 11.6 Å². The summed E-state index contributed by atoms with van der Waals surface area (Å²) in [6.07, 6.45) is 0. The molecule has 3 nitrogen and oxygen atoms in total. The van der Waals surface area contributed by atoms with Crippen molar-refractivity contribution in [2.45, 2.75) is 12.8 Å². The Kier molecular flexibility index (Phi) is 3.77. The van der Waals surface area contributed by atoms with Gasteiger partial charge >= 0.3 is 0 Å². The summed E-state index contributed by atoms with van der Waals surface area (Å²) in [6.45, 7) is 1.35. The van der Waals surface area contributed by atoms with Gasteiger partial charge in [0.25, 0.3) is 0 Å². The average Bonchev–Trinajstić information content (AvgIpc) is 2.21. The highest BCUT2D eigenvalue weighted by Gasteiger charge is 2.22. The van der Waals surface area contributed by atoms with Crippen molar-refractivity contribution in [1.29, 1.82) is 0 Å². The number of rotatable bonds is 3. The molecule has 0 bridgehead atoms. The standard InChI is InChI=1S/C10H12ClFO3/c1-5(4-13)8-9(12)6(11)3-7(14)10(8)15-2/h3,5,13-14H,4H2,1-2H3.